The molecular weight excluding hydrogens is 249 g/mol. The Bertz CT molecular complexity index is 432. The average Bonchev–Trinajstić information content (AvgIpc) is 2.27. The third-order valence-corrected chi connectivity index (χ3v) is 2.23. The van der Waals surface area contributed by atoms with Gasteiger partial charge in [-0.25, -0.2) is 9.78 Å². The quantitative estimate of drug-likeness (QED) is 0.814. The van der Waals surface area contributed by atoms with Crippen molar-refractivity contribution in [3.8, 4) is 0 Å². The maximum atomic E-state index is 13.3. The highest BCUT2D eigenvalue weighted by molar-refractivity contribution is 5.67. The first kappa shape index (κ1) is 15.4. The van der Waals surface area contributed by atoms with Gasteiger partial charge in [-0.05, 0) is 33.3 Å². The molecule has 19 heavy (non-hydrogen) atoms. The smallest absolute Gasteiger partial charge is 0.407 e. The number of nitrogens with two attached hydrogens (primary N) is 1. The fourth-order valence-electron chi connectivity index (χ4n) is 1.45. The summed E-state index contributed by atoms with van der Waals surface area (Å²) in [6.07, 6.45) is 1.15. The molecule has 5 nitrogen and oxygen atoms in total. The SMILES string of the molecule is CC(C)(C)OC(=O)NCC(N)Cc1cccnc1F. The third kappa shape index (κ3) is 6.15. The number of nitrogens with zero attached hydrogens (tertiary/aromatic N) is 1. The number of halogens is 1. The molecule has 0 saturated carbocycles. The molecule has 106 valence electrons. The molecular formula is C13H20FN3O2. The molecule has 1 atom stereocenters. The van der Waals surface area contributed by atoms with Crippen LogP contribution >= 0.6 is 0 Å². The van der Waals surface area contributed by atoms with Crippen LogP contribution < -0.4 is 11.1 Å². The number of aromatic nitrogens is 1. The lowest BCUT2D eigenvalue weighted by Crippen LogP contribution is -2.41. The van der Waals surface area contributed by atoms with Crippen molar-refractivity contribution in [2.24, 2.45) is 5.73 Å². The normalized spacial score (nSPS) is 12.9. The zero-order chi connectivity index (χ0) is 14.5. The van der Waals surface area contributed by atoms with Crippen molar-refractivity contribution in [2.75, 3.05) is 6.54 Å². The summed E-state index contributed by atoms with van der Waals surface area (Å²) in [5, 5.41) is 2.55. The van der Waals surface area contributed by atoms with E-state index < -0.39 is 23.7 Å². The Morgan fingerprint density at radius 1 is 1.58 bits per heavy atom. The van der Waals surface area contributed by atoms with E-state index in [9.17, 15) is 9.18 Å². The van der Waals surface area contributed by atoms with Gasteiger partial charge in [0.15, 0.2) is 0 Å². The van der Waals surface area contributed by atoms with E-state index in [0.29, 0.717) is 12.0 Å². The lowest BCUT2D eigenvalue weighted by molar-refractivity contribution is 0.0524. The van der Waals surface area contributed by atoms with Crippen molar-refractivity contribution in [3.05, 3.63) is 29.8 Å². The zero-order valence-corrected chi connectivity index (χ0v) is 11.4. The summed E-state index contributed by atoms with van der Waals surface area (Å²) in [4.78, 5) is 14.9. The molecule has 1 aromatic rings. The number of pyridine rings is 1. The van der Waals surface area contributed by atoms with Crippen LogP contribution in [0.1, 0.15) is 26.3 Å². The molecule has 3 N–H and O–H groups in total. The summed E-state index contributed by atoms with van der Waals surface area (Å²) in [7, 11) is 0. The van der Waals surface area contributed by atoms with Crippen molar-refractivity contribution in [2.45, 2.75) is 38.8 Å². The zero-order valence-electron chi connectivity index (χ0n) is 11.4. The second-order valence-corrected chi connectivity index (χ2v) is 5.30. The van der Waals surface area contributed by atoms with Crippen molar-refractivity contribution in [1.82, 2.24) is 10.3 Å². The molecule has 1 unspecified atom stereocenters. The minimum absolute atomic E-state index is 0.212. The predicted octanol–water partition coefficient (Wildman–Crippen LogP) is 1.62. The van der Waals surface area contributed by atoms with E-state index in [-0.39, 0.29) is 6.54 Å². The van der Waals surface area contributed by atoms with E-state index in [1.165, 1.54) is 6.20 Å². The molecule has 1 heterocycles. The number of hydrogen-bond acceptors (Lipinski definition) is 4. The Morgan fingerprint density at radius 3 is 2.84 bits per heavy atom. The highest BCUT2D eigenvalue weighted by atomic mass is 19.1. The minimum atomic E-state index is -0.552. The molecule has 1 amide bonds. The van der Waals surface area contributed by atoms with E-state index in [2.05, 4.69) is 10.3 Å². The van der Waals surface area contributed by atoms with Crippen LogP contribution in [0, 0.1) is 5.95 Å². The van der Waals surface area contributed by atoms with Gasteiger partial charge in [0.1, 0.15) is 5.60 Å². The Morgan fingerprint density at radius 2 is 2.26 bits per heavy atom. The first-order valence-corrected chi connectivity index (χ1v) is 6.10. The third-order valence-electron chi connectivity index (χ3n) is 2.23. The van der Waals surface area contributed by atoms with Crippen LogP contribution in [-0.2, 0) is 11.2 Å². The number of hydrogen-bond donors (Lipinski definition) is 2. The summed E-state index contributed by atoms with van der Waals surface area (Å²) in [6.45, 7) is 5.54. The van der Waals surface area contributed by atoms with E-state index in [1.807, 2.05) is 0 Å². The van der Waals surface area contributed by atoms with Gasteiger partial charge in [0, 0.05) is 24.3 Å². The van der Waals surface area contributed by atoms with Gasteiger partial charge in [-0.2, -0.15) is 4.39 Å². The fraction of sp³-hybridized carbons (Fsp3) is 0.538. The van der Waals surface area contributed by atoms with Gasteiger partial charge in [-0.1, -0.05) is 6.07 Å². The molecule has 1 aromatic heterocycles. The minimum Gasteiger partial charge on any atom is -0.444 e. The number of amides is 1. The molecule has 0 spiro atoms. The molecule has 0 saturated heterocycles. The fourth-order valence-corrected chi connectivity index (χ4v) is 1.45. The lowest BCUT2D eigenvalue weighted by Gasteiger charge is -2.20. The van der Waals surface area contributed by atoms with Crippen LogP contribution in [-0.4, -0.2) is 29.3 Å². The molecule has 0 aliphatic heterocycles. The van der Waals surface area contributed by atoms with Gasteiger partial charge in [-0.15, -0.1) is 0 Å². The Balaban J connectivity index is 2.38. The van der Waals surface area contributed by atoms with Crippen LogP contribution in [0.25, 0.3) is 0 Å². The van der Waals surface area contributed by atoms with Gasteiger partial charge in [0.05, 0.1) is 0 Å². The Kier molecular flexibility index (Phi) is 5.23. The van der Waals surface area contributed by atoms with Crippen molar-refractivity contribution >= 4 is 6.09 Å². The molecule has 0 bridgehead atoms. The first-order valence-electron chi connectivity index (χ1n) is 6.10. The van der Waals surface area contributed by atoms with Crippen LogP contribution in [0.3, 0.4) is 0 Å². The summed E-state index contributed by atoms with van der Waals surface area (Å²) in [6, 6.07) is 2.87. The van der Waals surface area contributed by atoms with Gasteiger partial charge < -0.3 is 15.8 Å². The number of ether oxygens (including phenoxy) is 1. The van der Waals surface area contributed by atoms with Gasteiger partial charge in [0.25, 0.3) is 0 Å². The second-order valence-electron chi connectivity index (χ2n) is 5.30. The summed E-state index contributed by atoms with van der Waals surface area (Å²) >= 11 is 0. The summed E-state index contributed by atoms with van der Waals surface area (Å²) < 4.78 is 18.4. The molecule has 6 heteroatoms. The van der Waals surface area contributed by atoms with Crippen molar-refractivity contribution in [3.63, 3.8) is 0 Å². The van der Waals surface area contributed by atoms with Gasteiger partial charge in [0.2, 0.25) is 5.95 Å². The largest absolute Gasteiger partial charge is 0.444 e. The molecule has 0 aliphatic rings. The molecule has 1 rings (SSSR count). The van der Waals surface area contributed by atoms with Crippen molar-refractivity contribution < 1.29 is 13.9 Å². The highest BCUT2D eigenvalue weighted by Gasteiger charge is 2.17. The lowest BCUT2D eigenvalue weighted by atomic mass is 10.1. The predicted molar refractivity (Wildman–Crippen MR) is 70.1 cm³/mol. The maximum Gasteiger partial charge on any atom is 0.407 e. The number of carbonyl (C=O) groups excluding carboxylic acids is 1. The Hall–Kier alpha value is -1.69. The topological polar surface area (TPSA) is 77.2 Å². The number of nitrogens with one attached hydrogen (secondary N) is 1. The summed E-state index contributed by atoms with van der Waals surface area (Å²) in [5.41, 5.74) is 5.70. The van der Waals surface area contributed by atoms with Crippen LogP contribution in [0.2, 0.25) is 0 Å². The standard InChI is InChI=1S/C13H20FN3O2/c1-13(2,3)19-12(18)17-8-10(15)7-9-5-4-6-16-11(9)14/h4-6,10H,7-8,15H2,1-3H3,(H,17,18). The maximum absolute atomic E-state index is 13.3. The number of alkyl carbamates (subject to hydrolysis) is 1. The van der Waals surface area contributed by atoms with Crippen LogP contribution in [0.5, 0.6) is 0 Å². The van der Waals surface area contributed by atoms with Crippen molar-refractivity contribution in [1.29, 1.82) is 0 Å². The highest BCUT2D eigenvalue weighted by Crippen LogP contribution is 2.07. The summed E-state index contributed by atoms with van der Waals surface area (Å²) in [5.74, 6) is -0.532. The van der Waals surface area contributed by atoms with Gasteiger partial charge >= 0.3 is 6.09 Å². The van der Waals surface area contributed by atoms with E-state index in [0.717, 1.165) is 0 Å². The van der Waals surface area contributed by atoms with Gasteiger partial charge in [-0.3, -0.25) is 0 Å². The van der Waals surface area contributed by atoms with E-state index in [1.54, 1.807) is 32.9 Å². The average molecular weight is 269 g/mol. The number of carbonyl (C=O) groups is 1. The van der Waals surface area contributed by atoms with Crippen LogP contribution in [0.15, 0.2) is 18.3 Å². The van der Waals surface area contributed by atoms with E-state index >= 15 is 0 Å². The Labute approximate surface area is 112 Å². The first-order chi connectivity index (χ1) is 8.78. The monoisotopic (exact) mass is 269 g/mol. The number of rotatable bonds is 4. The van der Waals surface area contributed by atoms with Crippen LogP contribution in [0.4, 0.5) is 9.18 Å². The van der Waals surface area contributed by atoms with E-state index in [4.69, 9.17) is 10.5 Å². The molecule has 0 aromatic carbocycles. The molecule has 0 radical (unpaired) electrons. The molecule has 0 fully saturated rings. The second kappa shape index (κ2) is 6.47. The molecule has 0 aliphatic carbocycles.